The molecule has 0 N–H and O–H groups in total. The SMILES string of the molecule is Clc1ccc(CP(Cl)(c2ccccc2)(c2ccccc2)c2ccccc2)c(Cl)c1. The molecular formula is C25H20Cl3P. The molecule has 0 unspecified atom stereocenters. The van der Waals surface area contributed by atoms with Gasteiger partial charge in [-0.05, 0) is 0 Å². The minimum absolute atomic E-state index is 0.598. The van der Waals surface area contributed by atoms with E-state index in [9.17, 15) is 0 Å². The first-order valence-corrected chi connectivity index (χ1v) is 13.4. The Morgan fingerprint density at radius 2 is 0.966 bits per heavy atom. The first-order chi connectivity index (χ1) is 14.0. The third-order valence-electron chi connectivity index (χ3n) is 5.37. The van der Waals surface area contributed by atoms with E-state index in [-0.39, 0.29) is 0 Å². The first-order valence-electron chi connectivity index (χ1n) is 9.36. The summed E-state index contributed by atoms with van der Waals surface area (Å²) in [6.45, 7) is 0. The van der Waals surface area contributed by atoms with E-state index in [2.05, 4.69) is 72.8 Å². The van der Waals surface area contributed by atoms with Gasteiger partial charge in [0.1, 0.15) is 0 Å². The molecule has 4 rings (SSSR count). The molecule has 0 aliphatic rings. The van der Waals surface area contributed by atoms with Gasteiger partial charge in [0.25, 0.3) is 0 Å². The zero-order chi connectivity index (χ0) is 20.3. The van der Waals surface area contributed by atoms with Gasteiger partial charge in [-0.1, -0.05) is 0 Å². The Labute approximate surface area is 186 Å². The molecule has 0 saturated carbocycles. The topological polar surface area (TPSA) is 0 Å². The Morgan fingerprint density at radius 3 is 1.34 bits per heavy atom. The van der Waals surface area contributed by atoms with Crippen LogP contribution in [0.2, 0.25) is 10.0 Å². The van der Waals surface area contributed by atoms with E-state index in [4.69, 9.17) is 34.4 Å². The van der Waals surface area contributed by atoms with Crippen molar-refractivity contribution < 1.29 is 0 Å². The van der Waals surface area contributed by atoms with Crippen LogP contribution in [0.15, 0.2) is 109 Å². The molecule has 29 heavy (non-hydrogen) atoms. The van der Waals surface area contributed by atoms with Crippen LogP contribution in [0.4, 0.5) is 0 Å². The number of halogens is 3. The molecule has 0 aromatic heterocycles. The van der Waals surface area contributed by atoms with Crippen LogP contribution in [0.25, 0.3) is 0 Å². The average Bonchev–Trinajstić information content (AvgIpc) is 2.78. The van der Waals surface area contributed by atoms with Gasteiger partial charge in [-0.25, -0.2) is 0 Å². The summed E-state index contributed by atoms with van der Waals surface area (Å²) in [6.07, 6.45) is 0.598. The summed E-state index contributed by atoms with van der Waals surface area (Å²) in [5, 5.41) is 4.60. The van der Waals surface area contributed by atoms with Crippen molar-refractivity contribution in [3.8, 4) is 0 Å². The summed E-state index contributed by atoms with van der Waals surface area (Å²) in [4.78, 5) is 0. The van der Waals surface area contributed by atoms with E-state index in [1.807, 2.05) is 30.3 Å². The van der Waals surface area contributed by atoms with E-state index in [1.165, 1.54) is 0 Å². The van der Waals surface area contributed by atoms with Crippen LogP contribution >= 0.6 is 40.4 Å². The molecule has 0 fully saturated rings. The number of rotatable bonds is 5. The van der Waals surface area contributed by atoms with E-state index in [0.29, 0.717) is 16.2 Å². The molecule has 0 spiro atoms. The Balaban J connectivity index is 2.09. The Bertz CT molecular complexity index is 1010. The third-order valence-corrected chi connectivity index (χ3v) is 13.1. The Hall–Kier alpha value is -1.82. The summed E-state index contributed by atoms with van der Waals surface area (Å²) in [7, 11) is 0. The Kier molecular flexibility index (Phi) is 5.74. The van der Waals surface area contributed by atoms with E-state index >= 15 is 0 Å². The molecule has 0 radical (unpaired) electrons. The fraction of sp³-hybridized carbons (Fsp3) is 0.0400. The molecular weight excluding hydrogens is 438 g/mol. The molecule has 4 aromatic rings. The predicted molar refractivity (Wildman–Crippen MR) is 131 cm³/mol. The van der Waals surface area contributed by atoms with Crippen LogP contribution < -0.4 is 15.9 Å². The van der Waals surface area contributed by atoms with Crippen molar-refractivity contribution in [1.82, 2.24) is 0 Å². The Morgan fingerprint density at radius 1 is 0.552 bits per heavy atom. The summed E-state index contributed by atoms with van der Waals surface area (Å²) < 4.78 is 0. The fourth-order valence-corrected chi connectivity index (χ4v) is 10.6. The predicted octanol–water partition coefficient (Wildman–Crippen LogP) is 7.18. The van der Waals surface area contributed by atoms with E-state index < -0.39 is 5.96 Å². The van der Waals surface area contributed by atoms with Crippen molar-refractivity contribution in [3.63, 3.8) is 0 Å². The zero-order valence-corrected chi connectivity index (χ0v) is 18.8. The summed E-state index contributed by atoms with van der Waals surface area (Å²) in [6, 6.07) is 36.8. The quantitative estimate of drug-likeness (QED) is 0.278. The molecule has 4 aromatic carbocycles. The fourth-order valence-electron chi connectivity index (χ4n) is 3.91. The average molecular weight is 458 g/mol. The minimum atomic E-state index is -3.39. The molecule has 0 atom stereocenters. The van der Waals surface area contributed by atoms with Crippen molar-refractivity contribution in [2.45, 2.75) is 6.16 Å². The van der Waals surface area contributed by atoms with Gasteiger partial charge in [0, 0.05) is 0 Å². The summed E-state index contributed by atoms with van der Waals surface area (Å²) in [5.74, 6) is -3.39. The zero-order valence-electron chi connectivity index (χ0n) is 15.7. The van der Waals surface area contributed by atoms with Crippen molar-refractivity contribution in [2.24, 2.45) is 0 Å². The van der Waals surface area contributed by atoms with Gasteiger partial charge in [0.2, 0.25) is 0 Å². The molecule has 0 saturated heterocycles. The van der Waals surface area contributed by atoms with Crippen molar-refractivity contribution in [3.05, 3.63) is 125 Å². The normalized spacial score (nSPS) is 12.9. The standard InChI is InChI=1S/C25H20Cl3P/c26-21-17-16-20(25(27)18-21)19-29(28,22-10-4-1-5-11-22,23-12-6-2-7-13-23)24-14-8-3-9-15-24/h1-18H,19H2. The second kappa shape index (κ2) is 8.13. The van der Waals surface area contributed by atoms with Gasteiger partial charge >= 0.3 is 187 Å². The van der Waals surface area contributed by atoms with Gasteiger partial charge < -0.3 is 0 Å². The van der Waals surface area contributed by atoms with Gasteiger partial charge in [-0.3, -0.25) is 0 Å². The monoisotopic (exact) mass is 456 g/mol. The first kappa shape index (κ1) is 20.5. The summed E-state index contributed by atoms with van der Waals surface area (Å²) in [5.41, 5.74) is 0.986. The second-order valence-corrected chi connectivity index (χ2v) is 14.4. The number of hydrogen-bond donors (Lipinski definition) is 0. The van der Waals surface area contributed by atoms with Gasteiger partial charge in [0.05, 0.1) is 0 Å². The number of hydrogen-bond acceptors (Lipinski definition) is 0. The van der Waals surface area contributed by atoms with Crippen molar-refractivity contribution in [1.29, 1.82) is 0 Å². The molecule has 0 aliphatic carbocycles. The molecule has 4 heteroatoms. The van der Waals surface area contributed by atoms with Crippen LogP contribution in [0.5, 0.6) is 0 Å². The molecule has 0 nitrogen and oxygen atoms in total. The van der Waals surface area contributed by atoms with Crippen LogP contribution in [-0.4, -0.2) is 0 Å². The second-order valence-electron chi connectivity index (χ2n) is 7.08. The molecule has 0 aliphatic heterocycles. The van der Waals surface area contributed by atoms with Crippen LogP contribution in [0, 0.1) is 0 Å². The maximum atomic E-state index is 8.06. The van der Waals surface area contributed by atoms with Crippen molar-refractivity contribution in [2.75, 3.05) is 0 Å². The van der Waals surface area contributed by atoms with Crippen LogP contribution in [0.3, 0.4) is 0 Å². The van der Waals surface area contributed by atoms with E-state index in [0.717, 1.165) is 21.5 Å². The van der Waals surface area contributed by atoms with Crippen LogP contribution in [0.1, 0.15) is 5.56 Å². The maximum absolute atomic E-state index is 8.06. The van der Waals surface area contributed by atoms with E-state index in [1.54, 1.807) is 6.07 Å². The van der Waals surface area contributed by atoms with Gasteiger partial charge in [-0.2, -0.15) is 0 Å². The molecule has 0 bridgehead atoms. The van der Waals surface area contributed by atoms with Gasteiger partial charge in [-0.15, -0.1) is 0 Å². The van der Waals surface area contributed by atoms with Gasteiger partial charge in [0.15, 0.2) is 0 Å². The van der Waals surface area contributed by atoms with Crippen LogP contribution in [-0.2, 0) is 6.16 Å². The number of benzene rings is 4. The molecule has 0 heterocycles. The molecule has 146 valence electrons. The summed E-state index contributed by atoms with van der Waals surface area (Å²) >= 11 is 20.9. The third kappa shape index (κ3) is 3.60. The molecule has 0 amide bonds. The van der Waals surface area contributed by atoms with Crippen molar-refractivity contribution >= 4 is 56.3 Å².